The van der Waals surface area contributed by atoms with E-state index in [0.717, 1.165) is 89.0 Å². The second-order valence-corrected chi connectivity index (χ2v) is 9.44. The van der Waals surface area contributed by atoms with E-state index < -0.39 is 0 Å². The Morgan fingerprint density at radius 2 is 1.88 bits per heavy atom. The van der Waals surface area contributed by atoms with Gasteiger partial charge in [-0.3, -0.25) is 14.5 Å². The third-order valence-electron chi connectivity index (χ3n) is 7.19. The molecule has 0 unspecified atom stereocenters. The molecular formula is C25H38N5O3+. The summed E-state index contributed by atoms with van der Waals surface area (Å²) >= 11 is 0. The molecular weight excluding hydrogens is 418 g/mol. The van der Waals surface area contributed by atoms with E-state index >= 15 is 0 Å². The van der Waals surface area contributed by atoms with Crippen LogP contribution >= 0.6 is 0 Å². The molecule has 3 fully saturated rings. The molecule has 180 valence electrons. The predicted molar refractivity (Wildman–Crippen MR) is 128 cm³/mol. The van der Waals surface area contributed by atoms with Gasteiger partial charge < -0.3 is 20.0 Å². The number of nitrogens with zero attached hydrogens (tertiary/aromatic N) is 3. The van der Waals surface area contributed by atoms with Gasteiger partial charge in [-0.2, -0.15) is 0 Å². The zero-order valence-electron chi connectivity index (χ0n) is 19.9. The molecule has 1 aromatic carbocycles. The third-order valence-corrected chi connectivity index (χ3v) is 7.19. The quantitative estimate of drug-likeness (QED) is 0.431. The number of unbranched alkanes of at least 4 members (excludes halogenated alkanes) is 1. The van der Waals surface area contributed by atoms with Crippen molar-refractivity contribution in [1.29, 1.82) is 0 Å². The lowest BCUT2D eigenvalue weighted by Crippen LogP contribution is -3.14. The molecule has 1 atom stereocenters. The van der Waals surface area contributed by atoms with Gasteiger partial charge in [0.25, 0.3) is 11.8 Å². The van der Waals surface area contributed by atoms with Crippen LogP contribution in [-0.4, -0.2) is 86.0 Å². The van der Waals surface area contributed by atoms with Gasteiger partial charge in [0.05, 0.1) is 38.3 Å². The molecule has 0 radical (unpaired) electrons. The Hall–Kier alpha value is -2.61. The number of nitrogens with one attached hydrogen (secondary N) is 2. The Morgan fingerprint density at radius 1 is 1.09 bits per heavy atom. The summed E-state index contributed by atoms with van der Waals surface area (Å²) in [4.78, 5) is 44.8. The lowest BCUT2D eigenvalue weighted by Gasteiger charge is -2.34. The molecule has 8 nitrogen and oxygen atoms in total. The van der Waals surface area contributed by atoms with Crippen molar-refractivity contribution in [2.45, 2.75) is 51.5 Å². The van der Waals surface area contributed by atoms with Crippen molar-refractivity contribution in [2.75, 3.05) is 57.3 Å². The highest BCUT2D eigenvalue weighted by Crippen LogP contribution is 2.26. The first-order valence-electron chi connectivity index (χ1n) is 12.7. The number of amides is 4. The van der Waals surface area contributed by atoms with Crippen LogP contribution in [0.15, 0.2) is 24.3 Å². The summed E-state index contributed by atoms with van der Waals surface area (Å²) in [6.07, 6.45) is 5.66. The highest BCUT2D eigenvalue weighted by atomic mass is 16.2. The molecule has 3 heterocycles. The van der Waals surface area contributed by atoms with Crippen LogP contribution in [0.2, 0.25) is 0 Å². The molecule has 4 amide bonds. The maximum atomic E-state index is 12.6. The number of imide groups is 1. The molecule has 0 aromatic heterocycles. The number of hydrogen-bond donors (Lipinski definition) is 2. The Bertz CT molecular complexity index is 828. The summed E-state index contributed by atoms with van der Waals surface area (Å²) < 4.78 is 0. The molecule has 0 saturated carbocycles. The third kappa shape index (κ3) is 5.32. The summed E-state index contributed by atoms with van der Waals surface area (Å²) in [5, 5.41) is 2.99. The van der Waals surface area contributed by atoms with E-state index in [1.54, 1.807) is 9.80 Å². The lowest BCUT2D eigenvalue weighted by molar-refractivity contribution is -0.900. The Morgan fingerprint density at radius 3 is 2.64 bits per heavy atom. The maximum Gasteiger partial charge on any atom is 0.327 e. The number of hydrogen-bond acceptors (Lipinski definition) is 4. The van der Waals surface area contributed by atoms with Gasteiger partial charge in [0.2, 0.25) is 0 Å². The van der Waals surface area contributed by atoms with E-state index in [2.05, 4.69) is 17.1 Å². The minimum atomic E-state index is -0.197. The first-order chi connectivity index (χ1) is 16.1. The molecule has 3 aliphatic heterocycles. The molecule has 3 aliphatic rings. The topological polar surface area (TPSA) is 77.4 Å². The summed E-state index contributed by atoms with van der Waals surface area (Å²) in [6, 6.07) is 7.60. The van der Waals surface area contributed by atoms with Gasteiger partial charge in [0.1, 0.15) is 6.04 Å². The number of benzene rings is 1. The van der Waals surface area contributed by atoms with Crippen LogP contribution in [0.5, 0.6) is 0 Å². The molecule has 0 aliphatic carbocycles. The summed E-state index contributed by atoms with van der Waals surface area (Å²) in [7, 11) is 0. The van der Waals surface area contributed by atoms with E-state index in [4.69, 9.17) is 0 Å². The highest BCUT2D eigenvalue weighted by molar-refractivity contribution is 6.04. The summed E-state index contributed by atoms with van der Waals surface area (Å²) in [6.45, 7) is 8.98. The number of urea groups is 1. The van der Waals surface area contributed by atoms with Crippen LogP contribution in [0.3, 0.4) is 0 Å². The maximum absolute atomic E-state index is 12.6. The number of rotatable bonds is 9. The normalized spacial score (nSPS) is 21.5. The Kier molecular flexibility index (Phi) is 7.85. The van der Waals surface area contributed by atoms with Gasteiger partial charge in [-0.25, -0.2) is 4.79 Å². The molecule has 0 spiro atoms. The van der Waals surface area contributed by atoms with Crippen LogP contribution in [-0.2, 0) is 4.79 Å². The van der Waals surface area contributed by atoms with Crippen molar-refractivity contribution in [3.05, 3.63) is 29.8 Å². The minimum Gasteiger partial charge on any atom is -0.360 e. The number of carbonyl (C=O) groups is 3. The average molecular weight is 457 g/mol. The number of para-hydroxylation sites is 1. The Balaban J connectivity index is 1.21. The number of fused-ring (bicyclic) bond motifs is 1. The molecule has 0 bridgehead atoms. The van der Waals surface area contributed by atoms with E-state index in [-0.39, 0.29) is 23.9 Å². The smallest absolute Gasteiger partial charge is 0.327 e. The zero-order chi connectivity index (χ0) is 23.2. The van der Waals surface area contributed by atoms with Crippen LogP contribution < -0.4 is 15.1 Å². The molecule has 3 saturated heterocycles. The first-order valence-corrected chi connectivity index (χ1v) is 12.7. The van der Waals surface area contributed by atoms with Gasteiger partial charge in [-0.15, -0.1) is 0 Å². The first kappa shape index (κ1) is 23.5. The fourth-order valence-electron chi connectivity index (χ4n) is 5.29. The fraction of sp³-hybridized carbons (Fsp3) is 0.640. The second-order valence-electron chi connectivity index (χ2n) is 9.44. The van der Waals surface area contributed by atoms with Crippen molar-refractivity contribution >= 4 is 23.5 Å². The monoisotopic (exact) mass is 456 g/mol. The van der Waals surface area contributed by atoms with E-state index in [0.29, 0.717) is 13.1 Å². The minimum absolute atomic E-state index is 0.00408. The van der Waals surface area contributed by atoms with E-state index in [1.807, 2.05) is 24.3 Å². The van der Waals surface area contributed by atoms with Crippen molar-refractivity contribution in [2.24, 2.45) is 0 Å². The number of quaternary nitrogens is 1. The summed E-state index contributed by atoms with van der Waals surface area (Å²) in [5.41, 5.74) is 1.78. The SMILES string of the molecule is CCCNC(=O)c1ccccc1N1CC[NH+](CCCCN2C(=O)[C@H]3CCCCN3C2=O)CC1. The summed E-state index contributed by atoms with van der Waals surface area (Å²) in [5.74, 6) is 0.0201. The highest BCUT2D eigenvalue weighted by Gasteiger charge is 2.45. The van der Waals surface area contributed by atoms with Gasteiger partial charge in [0, 0.05) is 25.3 Å². The fourth-order valence-corrected chi connectivity index (χ4v) is 5.29. The van der Waals surface area contributed by atoms with Gasteiger partial charge in [-0.05, 0) is 50.7 Å². The molecule has 33 heavy (non-hydrogen) atoms. The largest absolute Gasteiger partial charge is 0.360 e. The molecule has 4 rings (SSSR count). The number of anilines is 1. The van der Waals surface area contributed by atoms with Crippen LogP contribution in [0, 0.1) is 0 Å². The van der Waals surface area contributed by atoms with E-state index in [1.165, 1.54) is 4.90 Å². The second kappa shape index (κ2) is 11.0. The lowest BCUT2D eigenvalue weighted by atomic mass is 10.0. The zero-order valence-corrected chi connectivity index (χ0v) is 19.9. The van der Waals surface area contributed by atoms with Gasteiger partial charge in [0.15, 0.2) is 0 Å². The van der Waals surface area contributed by atoms with Crippen molar-refractivity contribution < 1.29 is 19.3 Å². The van der Waals surface area contributed by atoms with Gasteiger partial charge in [-0.1, -0.05) is 19.1 Å². The standard InChI is InChI=1S/C25H37N5O3/c1-2-12-26-23(31)20-9-3-4-10-21(20)28-18-16-27(17-19-28)13-7-8-15-30-24(32)22-11-5-6-14-29(22)25(30)33/h3-4,9-10,22H,2,5-8,11-19H2,1H3,(H,26,31)/p+1/t22-/m1/s1. The molecule has 8 heteroatoms. The van der Waals surface area contributed by atoms with Crippen LogP contribution in [0.25, 0.3) is 0 Å². The van der Waals surface area contributed by atoms with Crippen LogP contribution in [0.1, 0.15) is 55.8 Å². The molecule has 1 aromatic rings. The van der Waals surface area contributed by atoms with Gasteiger partial charge >= 0.3 is 6.03 Å². The number of piperidine rings is 1. The number of piperazine rings is 1. The average Bonchev–Trinajstić information content (AvgIpc) is 3.10. The molecule has 2 N–H and O–H groups in total. The van der Waals surface area contributed by atoms with Crippen molar-refractivity contribution in [1.82, 2.24) is 15.1 Å². The van der Waals surface area contributed by atoms with Crippen molar-refractivity contribution in [3.63, 3.8) is 0 Å². The Labute approximate surface area is 196 Å². The predicted octanol–water partition coefficient (Wildman–Crippen LogP) is 1.13. The number of carbonyl (C=O) groups excluding carboxylic acids is 3. The van der Waals surface area contributed by atoms with Crippen molar-refractivity contribution in [3.8, 4) is 0 Å². The van der Waals surface area contributed by atoms with Crippen LogP contribution in [0.4, 0.5) is 10.5 Å². The van der Waals surface area contributed by atoms with E-state index in [9.17, 15) is 14.4 Å².